The molecule has 1 heterocycles. The summed E-state index contributed by atoms with van der Waals surface area (Å²) in [4.78, 5) is 11.1. The molecule has 1 saturated carbocycles. The van der Waals surface area contributed by atoms with Gasteiger partial charge in [0.25, 0.3) is 0 Å². The molecule has 1 spiro atoms. The molecular weight excluding hydrogens is 230 g/mol. The van der Waals surface area contributed by atoms with Crippen LogP contribution >= 0.6 is 0 Å². The zero-order chi connectivity index (χ0) is 13.3. The molecule has 0 bridgehead atoms. The van der Waals surface area contributed by atoms with Gasteiger partial charge in [0.1, 0.15) is 0 Å². The topological polar surface area (TPSA) is 69.6 Å². The minimum atomic E-state index is -0.726. The van der Waals surface area contributed by atoms with E-state index >= 15 is 0 Å². The summed E-state index contributed by atoms with van der Waals surface area (Å²) in [5.74, 6) is -0.796. The molecule has 3 N–H and O–H groups in total. The lowest BCUT2D eigenvalue weighted by atomic mass is 9.74. The molecule has 0 aromatic carbocycles. The van der Waals surface area contributed by atoms with Gasteiger partial charge in [-0.25, -0.2) is 0 Å². The van der Waals surface area contributed by atoms with Gasteiger partial charge in [-0.2, -0.15) is 0 Å². The second-order valence-electron chi connectivity index (χ2n) is 6.17. The van der Waals surface area contributed by atoms with Crippen molar-refractivity contribution in [3.05, 3.63) is 0 Å². The Balaban J connectivity index is 2.12. The number of rotatable bonds is 3. The van der Waals surface area contributed by atoms with Crippen LogP contribution in [-0.4, -0.2) is 33.9 Å². The summed E-state index contributed by atoms with van der Waals surface area (Å²) in [7, 11) is 0. The Morgan fingerprint density at radius 1 is 1.28 bits per heavy atom. The number of nitrogens with one attached hydrogen (secondary N) is 1. The molecule has 0 amide bonds. The maximum Gasteiger partial charge on any atom is 0.307 e. The van der Waals surface area contributed by atoms with E-state index in [1.807, 2.05) is 6.92 Å². The molecule has 2 fully saturated rings. The maximum atomic E-state index is 11.1. The second kappa shape index (κ2) is 5.17. The molecule has 1 saturated heterocycles. The van der Waals surface area contributed by atoms with Gasteiger partial charge in [-0.1, -0.05) is 19.8 Å². The summed E-state index contributed by atoms with van der Waals surface area (Å²) in [6, 6.07) is 0.0515. The second-order valence-corrected chi connectivity index (χ2v) is 6.17. The third-order valence-electron chi connectivity index (χ3n) is 5.03. The average molecular weight is 255 g/mol. The minimum absolute atomic E-state index is 0.0131. The van der Waals surface area contributed by atoms with Crippen molar-refractivity contribution >= 4 is 5.97 Å². The van der Waals surface area contributed by atoms with Crippen molar-refractivity contribution in [3.63, 3.8) is 0 Å². The summed E-state index contributed by atoms with van der Waals surface area (Å²) >= 11 is 0. The minimum Gasteiger partial charge on any atom is -0.481 e. The maximum absolute atomic E-state index is 11.1. The van der Waals surface area contributed by atoms with Crippen LogP contribution in [-0.2, 0) is 4.79 Å². The van der Waals surface area contributed by atoms with E-state index in [2.05, 4.69) is 5.32 Å². The van der Waals surface area contributed by atoms with Crippen molar-refractivity contribution in [1.29, 1.82) is 0 Å². The van der Waals surface area contributed by atoms with Crippen LogP contribution in [0.3, 0.4) is 0 Å². The first-order chi connectivity index (χ1) is 8.46. The number of carboxylic acids is 1. The molecule has 2 rings (SSSR count). The van der Waals surface area contributed by atoms with E-state index in [0.717, 1.165) is 38.5 Å². The van der Waals surface area contributed by atoms with Gasteiger partial charge in [0.05, 0.1) is 12.0 Å². The number of hydrogen-bond acceptors (Lipinski definition) is 3. The number of hydrogen-bond donors (Lipinski definition) is 3. The predicted octanol–water partition coefficient (Wildman–Crippen LogP) is 1.77. The van der Waals surface area contributed by atoms with Crippen LogP contribution in [0, 0.1) is 11.8 Å². The molecule has 0 aromatic rings. The fraction of sp³-hybridized carbons (Fsp3) is 0.929. The summed E-state index contributed by atoms with van der Waals surface area (Å²) in [6.45, 7) is 3.65. The first kappa shape index (κ1) is 13.8. The van der Waals surface area contributed by atoms with Gasteiger partial charge in [-0.05, 0) is 32.6 Å². The van der Waals surface area contributed by atoms with Crippen molar-refractivity contribution in [2.45, 2.75) is 70.1 Å². The third kappa shape index (κ3) is 2.41. The molecule has 2 aliphatic rings. The van der Waals surface area contributed by atoms with E-state index in [1.165, 1.54) is 0 Å². The fourth-order valence-electron chi connectivity index (χ4n) is 3.99. The van der Waals surface area contributed by atoms with Crippen LogP contribution in [0.15, 0.2) is 0 Å². The van der Waals surface area contributed by atoms with Crippen molar-refractivity contribution in [1.82, 2.24) is 5.32 Å². The molecule has 5 atom stereocenters. The Hall–Kier alpha value is -0.610. The van der Waals surface area contributed by atoms with Crippen LogP contribution in [0.1, 0.15) is 52.4 Å². The zero-order valence-corrected chi connectivity index (χ0v) is 11.4. The van der Waals surface area contributed by atoms with Gasteiger partial charge in [-0.15, -0.1) is 0 Å². The first-order valence-corrected chi connectivity index (χ1v) is 7.15. The van der Waals surface area contributed by atoms with Crippen LogP contribution < -0.4 is 5.32 Å². The molecule has 4 nitrogen and oxygen atoms in total. The summed E-state index contributed by atoms with van der Waals surface area (Å²) in [5, 5.41) is 22.7. The number of aliphatic carboxylic acids is 1. The molecule has 4 heteroatoms. The monoisotopic (exact) mass is 255 g/mol. The van der Waals surface area contributed by atoms with Crippen molar-refractivity contribution in [3.8, 4) is 0 Å². The number of carboxylic acid groups (broad SMARTS) is 1. The first-order valence-electron chi connectivity index (χ1n) is 7.15. The molecule has 1 unspecified atom stereocenters. The van der Waals surface area contributed by atoms with E-state index in [1.54, 1.807) is 6.92 Å². The lowest BCUT2D eigenvalue weighted by Crippen LogP contribution is -2.60. The third-order valence-corrected chi connectivity index (χ3v) is 5.03. The summed E-state index contributed by atoms with van der Waals surface area (Å²) in [5.41, 5.74) is -0.0131. The van der Waals surface area contributed by atoms with Crippen LogP contribution in [0.2, 0.25) is 0 Å². The van der Waals surface area contributed by atoms with Gasteiger partial charge in [0.15, 0.2) is 0 Å². The van der Waals surface area contributed by atoms with Crippen LogP contribution in [0.4, 0.5) is 0 Å². The number of piperidine rings is 1. The molecule has 104 valence electrons. The molecule has 1 aliphatic carbocycles. The molecular formula is C14H25NO3. The fourth-order valence-corrected chi connectivity index (χ4v) is 3.99. The summed E-state index contributed by atoms with van der Waals surface area (Å²) < 4.78 is 0. The molecule has 1 aliphatic heterocycles. The number of aliphatic hydroxyl groups is 1. The van der Waals surface area contributed by atoms with E-state index in [0.29, 0.717) is 0 Å². The van der Waals surface area contributed by atoms with Gasteiger partial charge < -0.3 is 15.5 Å². The Morgan fingerprint density at radius 3 is 2.44 bits per heavy atom. The quantitative estimate of drug-likeness (QED) is 0.719. The van der Waals surface area contributed by atoms with E-state index in [9.17, 15) is 9.90 Å². The van der Waals surface area contributed by atoms with Crippen molar-refractivity contribution in [2.24, 2.45) is 11.8 Å². The van der Waals surface area contributed by atoms with Gasteiger partial charge in [-0.3, -0.25) is 4.79 Å². The Kier molecular flexibility index (Phi) is 3.97. The largest absolute Gasteiger partial charge is 0.481 e. The van der Waals surface area contributed by atoms with Crippen molar-refractivity contribution < 1.29 is 15.0 Å². The zero-order valence-electron chi connectivity index (χ0n) is 11.4. The smallest absolute Gasteiger partial charge is 0.307 e. The highest BCUT2D eigenvalue weighted by atomic mass is 16.4. The SMILES string of the molecule is CC(C(=O)O)[C@H]1CCC[C@]2(CCC[C@@H]2[C@H](C)O)N1. The molecule has 0 aromatic heterocycles. The summed E-state index contributed by atoms with van der Waals surface area (Å²) in [6.07, 6.45) is 6.03. The lowest BCUT2D eigenvalue weighted by molar-refractivity contribution is -0.142. The molecule has 0 radical (unpaired) electrons. The van der Waals surface area contributed by atoms with Gasteiger partial charge >= 0.3 is 5.97 Å². The highest BCUT2D eigenvalue weighted by Gasteiger charge is 2.48. The van der Waals surface area contributed by atoms with Crippen LogP contribution in [0.25, 0.3) is 0 Å². The average Bonchev–Trinajstić information content (AvgIpc) is 2.71. The predicted molar refractivity (Wildman–Crippen MR) is 69.3 cm³/mol. The lowest BCUT2D eigenvalue weighted by Gasteiger charge is -2.46. The normalized spacial score (nSPS) is 39.7. The highest BCUT2D eigenvalue weighted by molar-refractivity contribution is 5.70. The number of carbonyl (C=O) groups is 1. The van der Waals surface area contributed by atoms with Gasteiger partial charge in [0, 0.05) is 17.5 Å². The van der Waals surface area contributed by atoms with Crippen LogP contribution in [0.5, 0.6) is 0 Å². The molecule has 18 heavy (non-hydrogen) atoms. The Bertz CT molecular complexity index is 318. The Labute approximate surface area is 109 Å². The van der Waals surface area contributed by atoms with Gasteiger partial charge in [0.2, 0.25) is 0 Å². The van der Waals surface area contributed by atoms with E-state index in [-0.39, 0.29) is 29.5 Å². The van der Waals surface area contributed by atoms with Crippen molar-refractivity contribution in [2.75, 3.05) is 0 Å². The highest BCUT2D eigenvalue weighted by Crippen LogP contribution is 2.44. The van der Waals surface area contributed by atoms with E-state index < -0.39 is 5.97 Å². The standard InChI is InChI=1S/C14H25NO3/c1-9(13(17)18)12-6-4-8-14(15-12)7-3-5-11(14)10(2)16/h9-12,15-16H,3-8H2,1-2H3,(H,17,18)/t9?,10-,11+,12+,14-/m0/s1. The Morgan fingerprint density at radius 2 is 1.89 bits per heavy atom. The van der Waals surface area contributed by atoms with E-state index in [4.69, 9.17) is 5.11 Å². The number of aliphatic hydroxyl groups excluding tert-OH is 1.